The van der Waals surface area contributed by atoms with E-state index in [1.54, 1.807) is 6.08 Å². The Morgan fingerprint density at radius 1 is 0.632 bits per heavy atom. The molecule has 0 spiro atoms. The second-order valence-corrected chi connectivity index (χ2v) is 17.9. The van der Waals surface area contributed by atoms with Crippen LogP contribution < -0.4 is 0 Å². The van der Waals surface area contributed by atoms with Gasteiger partial charge in [-0.1, -0.05) is 180 Å². The van der Waals surface area contributed by atoms with Gasteiger partial charge in [0.1, 0.15) is 6.61 Å². The van der Waals surface area contributed by atoms with Gasteiger partial charge in [-0.2, -0.15) is 0 Å². The van der Waals surface area contributed by atoms with Crippen LogP contribution in [-0.4, -0.2) is 74.7 Å². The Hall–Kier alpha value is -1.33. The summed E-state index contributed by atoms with van der Waals surface area (Å²) >= 11 is 0. The maximum atomic E-state index is 12.6. The van der Waals surface area contributed by atoms with E-state index in [9.17, 15) is 29.5 Å². The Kier molecular flexibility index (Phi) is 33.4. The minimum atomic E-state index is -4.81. The van der Waals surface area contributed by atoms with Crippen LogP contribution in [0.3, 0.4) is 0 Å². The van der Waals surface area contributed by atoms with Crippen molar-refractivity contribution in [2.75, 3.05) is 13.2 Å². The molecule has 11 nitrogen and oxygen atoms in total. The number of hydrogen-bond acceptors (Lipinski definition) is 9. The predicted molar refractivity (Wildman–Crippen MR) is 227 cm³/mol. The Morgan fingerprint density at radius 3 is 1.60 bits per heavy atom. The molecule has 1 fully saturated rings. The van der Waals surface area contributed by atoms with Gasteiger partial charge in [0.25, 0.3) is 0 Å². The van der Waals surface area contributed by atoms with Crippen LogP contribution in [0.25, 0.3) is 0 Å². The fraction of sp³-hybridized carbons (Fsp3) is 0.911. The Labute approximate surface area is 346 Å². The Balaban J connectivity index is 2.19. The van der Waals surface area contributed by atoms with Crippen molar-refractivity contribution in [2.24, 2.45) is 11.8 Å². The number of carbonyl (C=O) groups is 2. The number of aliphatic hydroxyl groups excluding tert-OH is 3. The maximum absolute atomic E-state index is 12.6. The highest BCUT2D eigenvalue weighted by molar-refractivity contribution is 7.46. The normalized spacial score (nSPS) is 19.6. The molecule has 1 aliphatic carbocycles. The lowest BCUT2D eigenvalue weighted by molar-refractivity contribution is -0.161. The van der Waals surface area contributed by atoms with Gasteiger partial charge in [0, 0.05) is 25.2 Å². The summed E-state index contributed by atoms with van der Waals surface area (Å²) < 4.78 is 26.5. The zero-order valence-electron chi connectivity index (χ0n) is 36.1. The fourth-order valence-corrected chi connectivity index (χ4v) is 8.24. The van der Waals surface area contributed by atoms with Crippen LogP contribution in [0.2, 0.25) is 0 Å². The summed E-state index contributed by atoms with van der Waals surface area (Å²) in [5.41, 5.74) is 0. The van der Waals surface area contributed by atoms with Crippen molar-refractivity contribution >= 4 is 19.8 Å². The first kappa shape index (κ1) is 53.7. The second-order valence-electron chi connectivity index (χ2n) is 16.7. The molecule has 0 heterocycles. The van der Waals surface area contributed by atoms with E-state index < -0.39 is 50.8 Å². The van der Waals surface area contributed by atoms with Crippen molar-refractivity contribution in [3.8, 4) is 0 Å². The predicted octanol–water partition coefficient (Wildman–Crippen LogP) is 10.6. The summed E-state index contributed by atoms with van der Waals surface area (Å²) in [4.78, 5) is 43.2. The van der Waals surface area contributed by atoms with E-state index in [1.807, 2.05) is 6.08 Å². The Morgan fingerprint density at radius 2 is 1.09 bits per heavy atom. The van der Waals surface area contributed by atoms with Crippen LogP contribution >= 0.6 is 7.82 Å². The smallest absolute Gasteiger partial charge is 0.462 e. The molecule has 57 heavy (non-hydrogen) atoms. The van der Waals surface area contributed by atoms with Gasteiger partial charge in [-0.15, -0.1) is 0 Å². The van der Waals surface area contributed by atoms with Crippen molar-refractivity contribution in [1.82, 2.24) is 0 Å². The van der Waals surface area contributed by atoms with Gasteiger partial charge < -0.3 is 34.6 Å². The van der Waals surface area contributed by atoms with Gasteiger partial charge in [0.05, 0.1) is 24.9 Å². The highest BCUT2D eigenvalue weighted by atomic mass is 31.2. The van der Waals surface area contributed by atoms with Crippen molar-refractivity contribution in [3.05, 3.63) is 12.2 Å². The average Bonchev–Trinajstić information content (AvgIpc) is 3.44. The largest absolute Gasteiger partial charge is 0.469 e. The third kappa shape index (κ3) is 31.2. The van der Waals surface area contributed by atoms with Crippen molar-refractivity contribution in [3.63, 3.8) is 0 Å². The van der Waals surface area contributed by atoms with Crippen molar-refractivity contribution in [2.45, 2.75) is 237 Å². The van der Waals surface area contributed by atoms with Gasteiger partial charge in [0.2, 0.25) is 0 Å². The first-order valence-electron chi connectivity index (χ1n) is 23.2. The molecule has 1 saturated carbocycles. The molecule has 0 aliphatic heterocycles. The standard InChI is InChI=1S/C45H85O11P/c1-3-5-7-8-9-10-11-12-13-14-15-16-17-18-19-20-21-22-27-31-44(49)54-36-39(37-55-57(51,52)53)56-45(50)32-28-24-23-26-30-40-41(43(48)35-42(40)47)34-33-38(46)29-25-6-4-2/h33-34,38-43,46-48H,3-32,35-37H2,1-2H3,(H2,51,52,53)/b34-33+/t38-,39+,40+,41+,42-,43+/m0/s1. The molecule has 1 rings (SSSR count). The summed E-state index contributed by atoms with van der Waals surface area (Å²) in [7, 11) is -4.81. The first-order valence-corrected chi connectivity index (χ1v) is 24.8. The fourth-order valence-electron chi connectivity index (χ4n) is 7.88. The molecule has 0 saturated heterocycles. The van der Waals surface area contributed by atoms with Crippen LogP contribution in [-0.2, 0) is 28.2 Å². The molecule has 0 aromatic carbocycles. The van der Waals surface area contributed by atoms with Gasteiger partial charge in [-0.05, 0) is 31.6 Å². The van der Waals surface area contributed by atoms with Gasteiger partial charge in [-0.25, -0.2) is 4.57 Å². The number of unbranched alkanes of at least 4 members (excludes halogenated alkanes) is 23. The maximum Gasteiger partial charge on any atom is 0.469 e. The summed E-state index contributed by atoms with van der Waals surface area (Å²) in [5, 5.41) is 31.3. The Bertz CT molecular complexity index is 1050. The quantitative estimate of drug-likeness (QED) is 0.0172. The molecular weight excluding hydrogens is 747 g/mol. The zero-order valence-corrected chi connectivity index (χ0v) is 37.0. The van der Waals surface area contributed by atoms with Crippen LogP contribution in [0.4, 0.5) is 0 Å². The minimum Gasteiger partial charge on any atom is -0.462 e. The number of ether oxygens (including phenoxy) is 2. The van der Waals surface area contributed by atoms with E-state index in [0.717, 1.165) is 64.2 Å². The highest BCUT2D eigenvalue weighted by Gasteiger charge is 2.39. The number of rotatable bonds is 39. The lowest BCUT2D eigenvalue weighted by Crippen LogP contribution is -2.29. The van der Waals surface area contributed by atoms with Crippen molar-refractivity contribution in [1.29, 1.82) is 0 Å². The molecule has 0 aromatic rings. The van der Waals surface area contributed by atoms with E-state index in [2.05, 4.69) is 18.4 Å². The third-order valence-corrected chi connectivity index (χ3v) is 11.9. The van der Waals surface area contributed by atoms with E-state index in [4.69, 9.17) is 19.3 Å². The molecule has 5 N–H and O–H groups in total. The molecule has 0 unspecified atom stereocenters. The first-order chi connectivity index (χ1) is 27.5. The number of carbonyl (C=O) groups excluding carboxylic acids is 2. The van der Waals surface area contributed by atoms with Crippen LogP contribution in [0.1, 0.15) is 213 Å². The number of phosphoric acid groups is 1. The second kappa shape index (κ2) is 35.4. The molecule has 0 radical (unpaired) electrons. The lowest BCUT2D eigenvalue weighted by Gasteiger charge is -2.21. The third-order valence-electron chi connectivity index (χ3n) is 11.4. The molecule has 0 aromatic heterocycles. The van der Waals surface area contributed by atoms with Crippen LogP contribution in [0, 0.1) is 11.8 Å². The summed E-state index contributed by atoms with van der Waals surface area (Å²) in [5.74, 6) is -1.31. The lowest BCUT2D eigenvalue weighted by atomic mass is 9.88. The number of hydrogen-bond donors (Lipinski definition) is 5. The summed E-state index contributed by atoms with van der Waals surface area (Å²) in [6, 6.07) is 0. The topological polar surface area (TPSA) is 180 Å². The molecule has 1 aliphatic rings. The molecule has 12 heteroatoms. The van der Waals surface area contributed by atoms with Gasteiger partial charge >= 0.3 is 19.8 Å². The van der Waals surface area contributed by atoms with E-state index >= 15 is 0 Å². The van der Waals surface area contributed by atoms with Crippen LogP contribution in [0.5, 0.6) is 0 Å². The van der Waals surface area contributed by atoms with E-state index in [1.165, 1.54) is 96.3 Å². The van der Waals surface area contributed by atoms with E-state index in [-0.39, 0.29) is 31.3 Å². The molecular formula is C45H85O11P. The number of esters is 2. The van der Waals surface area contributed by atoms with Crippen LogP contribution in [0.15, 0.2) is 12.2 Å². The summed E-state index contributed by atoms with van der Waals surface area (Å²) in [6.45, 7) is 3.44. The average molecular weight is 833 g/mol. The highest BCUT2D eigenvalue weighted by Crippen LogP contribution is 2.38. The van der Waals surface area contributed by atoms with E-state index in [0.29, 0.717) is 25.7 Å². The number of aliphatic hydroxyl groups is 3. The SMILES string of the molecule is CCCCCCCCCCCCCCCCCCCCCC(=O)OC[C@H](COP(=O)(O)O)OC(=O)CCCCCC[C@@H]1[C@@H](/C=C/[C@@H](O)CCCCC)[C@H](O)C[C@@H]1O. The minimum absolute atomic E-state index is 0.0891. The molecule has 6 atom stereocenters. The molecule has 0 amide bonds. The summed E-state index contributed by atoms with van der Waals surface area (Å²) in [6.07, 6.45) is 32.8. The molecule has 0 bridgehead atoms. The monoisotopic (exact) mass is 833 g/mol. The van der Waals surface area contributed by atoms with Gasteiger partial charge in [0.15, 0.2) is 6.10 Å². The van der Waals surface area contributed by atoms with Gasteiger partial charge in [-0.3, -0.25) is 14.1 Å². The number of phosphoric ester groups is 1. The molecule has 336 valence electrons. The zero-order chi connectivity index (χ0) is 42.0. The van der Waals surface area contributed by atoms with Crippen molar-refractivity contribution < 1.29 is 53.3 Å².